The fourth-order valence-corrected chi connectivity index (χ4v) is 5.06. The maximum atomic E-state index is 6.22. The molecule has 1 atom stereocenters. The first-order valence-corrected chi connectivity index (χ1v) is 9.46. The number of hydrogen-bond donors (Lipinski definition) is 1. The van der Waals surface area contributed by atoms with Gasteiger partial charge in [-0.2, -0.15) is 0 Å². The van der Waals surface area contributed by atoms with Crippen LogP contribution in [0.5, 0.6) is 0 Å². The quantitative estimate of drug-likeness (QED) is 0.850. The third-order valence-electron chi connectivity index (χ3n) is 6.29. The summed E-state index contributed by atoms with van der Waals surface area (Å²) < 4.78 is 17.9. The van der Waals surface area contributed by atoms with Gasteiger partial charge in [0.25, 0.3) is 0 Å². The molecule has 0 radical (unpaired) electrons. The average Bonchev–Trinajstić information content (AvgIpc) is 2.99. The Morgan fingerprint density at radius 2 is 1.41 bits per heavy atom. The molecule has 4 fully saturated rings. The molecule has 2 aliphatic heterocycles. The molecule has 0 aromatic carbocycles. The molecule has 126 valence electrons. The minimum absolute atomic E-state index is 0.210. The van der Waals surface area contributed by atoms with Crippen molar-refractivity contribution in [3.8, 4) is 0 Å². The van der Waals surface area contributed by atoms with Crippen LogP contribution >= 0.6 is 0 Å². The topological polar surface area (TPSA) is 39.7 Å². The van der Waals surface area contributed by atoms with Crippen LogP contribution in [0.1, 0.15) is 70.6 Å². The Morgan fingerprint density at radius 3 is 2.14 bits per heavy atom. The van der Waals surface area contributed by atoms with E-state index in [0.29, 0.717) is 12.1 Å². The fourth-order valence-electron chi connectivity index (χ4n) is 5.06. The molecule has 2 spiro atoms. The van der Waals surface area contributed by atoms with Crippen molar-refractivity contribution in [1.82, 2.24) is 5.32 Å². The summed E-state index contributed by atoms with van der Waals surface area (Å²) in [6, 6.07) is 1.29. The average molecular weight is 309 g/mol. The summed E-state index contributed by atoms with van der Waals surface area (Å²) >= 11 is 0. The van der Waals surface area contributed by atoms with Crippen LogP contribution in [0.4, 0.5) is 0 Å². The summed E-state index contributed by atoms with van der Waals surface area (Å²) in [7, 11) is 0. The molecule has 2 aliphatic carbocycles. The lowest BCUT2D eigenvalue weighted by atomic mass is 9.78. The zero-order valence-corrected chi connectivity index (χ0v) is 13.8. The molecular formula is C18H31NO3. The van der Waals surface area contributed by atoms with Gasteiger partial charge in [0.1, 0.15) is 0 Å². The Bertz CT molecular complexity index is 359. The SMILES string of the molecule is C1CCC2(CC1)CC(NC1CCC3(CC1)OCCO3)CCO2. The van der Waals surface area contributed by atoms with Gasteiger partial charge < -0.3 is 19.5 Å². The van der Waals surface area contributed by atoms with Crippen LogP contribution in [0.3, 0.4) is 0 Å². The number of nitrogens with one attached hydrogen (secondary N) is 1. The normalized spacial score (nSPS) is 35.2. The van der Waals surface area contributed by atoms with E-state index in [4.69, 9.17) is 14.2 Å². The van der Waals surface area contributed by atoms with Crippen LogP contribution in [-0.2, 0) is 14.2 Å². The molecule has 0 amide bonds. The number of hydrogen-bond acceptors (Lipinski definition) is 4. The minimum atomic E-state index is -0.224. The van der Waals surface area contributed by atoms with Gasteiger partial charge in [0, 0.05) is 31.5 Å². The third-order valence-corrected chi connectivity index (χ3v) is 6.29. The molecular weight excluding hydrogens is 278 g/mol. The molecule has 2 saturated heterocycles. The predicted molar refractivity (Wildman–Crippen MR) is 84.8 cm³/mol. The predicted octanol–water partition coefficient (Wildman–Crippen LogP) is 3.14. The first-order chi connectivity index (χ1) is 10.8. The molecule has 0 bridgehead atoms. The molecule has 4 rings (SSSR count). The molecule has 4 heteroatoms. The maximum absolute atomic E-state index is 6.22. The summed E-state index contributed by atoms with van der Waals surface area (Å²) in [6.07, 6.45) is 13.5. The summed E-state index contributed by atoms with van der Waals surface area (Å²) in [5.74, 6) is -0.224. The van der Waals surface area contributed by atoms with E-state index >= 15 is 0 Å². The van der Waals surface area contributed by atoms with Crippen molar-refractivity contribution in [2.75, 3.05) is 19.8 Å². The van der Waals surface area contributed by atoms with Gasteiger partial charge in [0.2, 0.25) is 0 Å². The molecule has 22 heavy (non-hydrogen) atoms. The van der Waals surface area contributed by atoms with Crippen LogP contribution in [0.2, 0.25) is 0 Å². The molecule has 1 N–H and O–H groups in total. The Kier molecular flexibility index (Phi) is 4.46. The third kappa shape index (κ3) is 3.21. The Labute approximate surface area is 134 Å². The van der Waals surface area contributed by atoms with E-state index in [2.05, 4.69) is 5.32 Å². The molecule has 4 nitrogen and oxygen atoms in total. The molecule has 0 aromatic rings. The second-order valence-electron chi connectivity index (χ2n) is 7.83. The molecule has 1 unspecified atom stereocenters. The van der Waals surface area contributed by atoms with E-state index in [9.17, 15) is 0 Å². The van der Waals surface area contributed by atoms with Crippen molar-refractivity contribution in [2.24, 2.45) is 0 Å². The van der Waals surface area contributed by atoms with Crippen LogP contribution in [0.25, 0.3) is 0 Å². The zero-order valence-electron chi connectivity index (χ0n) is 13.8. The lowest BCUT2D eigenvalue weighted by molar-refractivity contribution is -0.180. The van der Waals surface area contributed by atoms with Crippen LogP contribution in [0.15, 0.2) is 0 Å². The monoisotopic (exact) mass is 309 g/mol. The standard InChI is InChI=1S/C18H31NO3/c1-2-7-17(8-3-1)14-16(6-11-20-17)19-15-4-9-18(10-5-15)21-12-13-22-18/h15-16,19H,1-14H2. The van der Waals surface area contributed by atoms with Crippen molar-refractivity contribution >= 4 is 0 Å². The van der Waals surface area contributed by atoms with Crippen LogP contribution in [0, 0.1) is 0 Å². The van der Waals surface area contributed by atoms with Gasteiger partial charge in [-0.05, 0) is 38.5 Å². The van der Waals surface area contributed by atoms with Crippen molar-refractivity contribution in [3.63, 3.8) is 0 Å². The molecule has 2 heterocycles. The van der Waals surface area contributed by atoms with Crippen molar-refractivity contribution in [1.29, 1.82) is 0 Å². The Hall–Kier alpha value is -0.160. The second-order valence-corrected chi connectivity index (χ2v) is 7.83. The lowest BCUT2D eigenvalue weighted by Gasteiger charge is -2.45. The highest BCUT2D eigenvalue weighted by molar-refractivity contribution is 4.94. The van der Waals surface area contributed by atoms with E-state index in [1.165, 1.54) is 57.8 Å². The van der Waals surface area contributed by atoms with Gasteiger partial charge in [0.15, 0.2) is 5.79 Å². The van der Waals surface area contributed by atoms with Gasteiger partial charge in [-0.1, -0.05) is 19.3 Å². The largest absolute Gasteiger partial charge is 0.375 e. The highest BCUT2D eigenvalue weighted by Crippen LogP contribution is 2.40. The summed E-state index contributed by atoms with van der Waals surface area (Å²) in [5.41, 5.74) is 0.210. The molecule has 4 aliphatic rings. The van der Waals surface area contributed by atoms with E-state index in [1.807, 2.05) is 0 Å². The minimum Gasteiger partial charge on any atom is -0.375 e. The number of ether oxygens (including phenoxy) is 3. The summed E-state index contributed by atoms with van der Waals surface area (Å²) in [6.45, 7) is 2.50. The van der Waals surface area contributed by atoms with Gasteiger partial charge in [-0.3, -0.25) is 0 Å². The van der Waals surface area contributed by atoms with Crippen molar-refractivity contribution in [3.05, 3.63) is 0 Å². The second kappa shape index (κ2) is 6.39. The first kappa shape index (κ1) is 15.4. The van der Waals surface area contributed by atoms with Gasteiger partial charge in [-0.15, -0.1) is 0 Å². The Morgan fingerprint density at radius 1 is 0.682 bits per heavy atom. The highest BCUT2D eigenvalue weighted by Gasteiger charge is 2.42. The van der Waals surface area contributed by atoms with E-state index in [-0.39, 0.29) is 11.4 Å². The zero-order chi connectivity index (χ0) is 14.9. The van der Waals surface area contributed by atoms with E-state index in [0.717, 1.165) is 32.7 Å². The van der Waals surface area contributed by atoms with E-state index < -0.39 is 0 Å². The van der Waals surface area contributed by atoms with Crippen molar-refractivity contribution < 1.29 is 14.2 Å². The summed E-state index contributed by atoms with van der Waals surface area (Å²) in [5, 5.41) is 3.94. The van der Waals surface area contributed by atoms with Crippen LogP contribution in [-0.4, -0.2) is 43.3 Å². The van der Waals surface area contributed by atoms with Gasteiger partial charge in [-0.25, -0.2) is 0 Å². The Balaban J connectivity index is 1.28. The van der Waals surface area contributed by atoms with E-state index in [1.54, 1.807) is 0 Å². The van der Waals surface area contributed by atoms with Gasteiger partial charge >= 0.3 is 0 Å². The van der Waals surface area contributed by atoms with Crippen LogP contribution < -0.4 is 5.32 Å². The van der Waals surface area contributed by atoms with Gasteiger partial charge in [0.05, 0.1) is 18.8 Å². The molecule has 2 saturated carbocycles. The first-order valence-electron chi connectivity index (χ1n) is 9.46. The number of rotatable bonds is 2. The van der Waals surface area contributed by atoms with Crippen molar-refractivity contribution in [2.45, 2.75) is 94.1 Å². The summed E-state index contributed by atoms with van der Waals surface area (Å²) in [4.78, 5) is 0. The smallest absolute Gasteiger partial charge is 0.168 e. The fraction of sp³-hybridized carbons (Fsp3) is 1.00. The maximum Gasteiger partial charge on any atom is 0.168 e. The lowest BCUT2D eigenvalue weighted by Crippen LogP contribution is -2.52. The highest BCUT2D eigenvalue weighted by atomic mass is 16.7. The molecule has 0 aromatic heterocycles.